The molecule has 0 radical (unpaired) electrons. The first-order valence-corrected chi connectivity index (χ1v) is 6.62. The standard InChI is InChI=1S/C13H24N2O3/c1-11(2)4-5-14-6-8-15(9-7-14)13(17)10-18-12(3)16/h11H,4-10H2,1-3H3. The molecule has 104 valence electrons. The normalized spacial score (nSPS) is 17.0. The minimum Gasteiger partial charge on any atom is -0.456 e. The van der Waals surface area contributed by atoms with Crippen LogP contribution in [0.3, 0.4) is 0 Å². The van der Waals surface area contributed by atoms with Gasteiger partial charge in [0.05, 0.1) is 0 Å². The van der Waals surface area contributed by atoms with Crippen molar-refractivity contribution in [3.63, 3.8) is 0 Å². The average Bonchev–Trinajstić information content (AvgIpc) is 2.34. The van der Waals surface area contributed by atoms with Gasteiger partial charge in [-0.05, 0) is 18.9 Å². The van der Waals surface area contributed by atoms with Crippen LogP contribution >= 0.6 is 0 Å². The largest absolute Gasteiger partial charge is 0.456 e. The van der Waals surface area contributed by atoms with E-state index in [2.05, 4.69) is 18.7 Å². The molecule has 1 aliphatic heterocycles. The van der Waals surface area contributed by atoms with Crippen LogP contribution in [0.25, 0.3) is 0 Å². The lowest BCUT2D eigenvalue weighted by atomic mass is 10.1. The SMILES string of the molecule is CC(=O)OCC(=O)N1CCN(CCC(C)C)CC1. The molecule has 1 heterocycles. The molecule has 5 heteroatoms. The Morgan fingerprint density at radius 3 is 2.28 bits per heavy atom. The van der Waals surface area contributed by atoms with Crippen molar-refractivity contribution in [1.82, 2.24) is 9.80 Å². The van der Waals surface area contributed by atoms with Gasteiger partial charge in [-0.15, -0.1) is 0 Å². The van der Waals surface area contributed by atoms with Crippen LogP contribution in [-0.2, 0) is 14.3 Å². The molecule has 0 unspecified atom stereocenters. The number of carbonyl (C=O) groups is 2. The number of piperazine rings is 1. The molecule has 0 aromatic heterocycles. The van der Waals surface area contributed by atoms with Crippen LogP contribution < -0.4 is 0 Å². The second kappa shape index (κ2) is 7.36. The summed E-state index contributed by atoms with van der Waals surface area (Å²) in [4.78, 5) is 26.5. The molecular formula is C13H24N2O3. The molecule has 1 rings (SSSR count). The Balaban J connectivity index is 2.22. The Bertz CT molecular complexity index is 284. The van der Waals surface area contributed by atoms with Crippen LogP contribution in [0.15, 0.2) is 0 Å². The van der Waals surface area contributed by atoms with Gasteiger partial charge in [-0.1, -0.05) is 13.8 Å². The molecule has 1 aliphatic rings. The lowest BCUT2D eigenvalue weighted by Gasteiger charge is -2.34. The van der Waals surface area contributed by atoms with Crippen molar-refractivity contribution >= 4 is 11.9 Å². The van der Waals surface area contributed by atoms with Gasteiger partial charge >= 0.3 is 5.97 Å². The third-order valence-corrected chi connectivity index (χ3v) is 3.15. The first-order valence-electron chi connectivity index (χ1n) is 6.62. The molecule has 0 aromatic rings. The Labute approximate surface area is 109 Å². The van der Waals surface area contributed by atoms with Crippen LogP contribution in [0, 0.1) is 5.92 Å². The Kier molecular flexibility index (Phi) is 6.12. The van der Waals surface area contributed by atoms with Crippen molar-refractivity contribution in [2.24, 2.45) is 5.92 Å². The zero-order valence-corrected chi connectivity index (χ0v) is 11.6. The van der Waals surface area contributed by atoms with Crippen LogP contribution in [0.4, 0.5) is 0 Å². The maximum Gasteiger partial charge on any atom is 0.303 e. The van der Waals surface area contributed by atoms with Crippen LogP contribution in [0.1, 0.15) is 27.2 Å². The highest BCUT2D eigenvalue weighted by Crippen LogP contribution is 2.06. The minimum absolute atomic E-state index is 0.0892. The number of esters is 1. The van der Waals surface area contributed by atoms with Crippen LogP contribution in [0.5, 0.6) is 0 Å². The van der Waals surface area contributed by atoms with Crippen LogP contribution in [0.2, 0.25) is 0 Å². The van der Waals surface area contributed by atoms with Gasteiger partial charge in [-0.25, -0.2) is 0 Å². The smallest absolute Gasteiger partial charge is 0.303 e. The molecule has 5 nitrogen and oxygen atoms in total. The zero-order valence-electron chi connectivity index (χ0n) is 11.6. The third-order valence-electron chi connectivity index (χ3n) is 3.15. The van der Waals surface area contributed by atoms with Crippen molar-refractivity contribution in [3.8, 4) is 0 Å². The Morgan fingerprint density at radius 2 is 1.78 bits per heavy atom. The number of hydrogen-bond acceptors (Lipinski definition) is 4. The number of ether oxygens (including phenoxy) is 1. The first kappa shape index (κ1) is 15.0. The molecule has 1 saturated heterocycles. The van der Waals surface area contributed by atoms with Gasteiger partial charge in [-0.2, -0.15) is 0 Å². The molecule has 18 heavy (non-hydrogen) atoms. The van der Waals surface area contributed by atoms with E-state index in [0.29, 0.717) is 5.92 Å². The number of carbonyl (C=O) groups excluding carboxylic acids is 2. The third kappa shape index (κ3) is 5.49. The second-order valence-corrected chi connectivity index (χ2v) is 5.19. The summed E-state index contributed by atoms with van der Waals surface area (Å²) in [5.41, 5.74) is 0. The Hall–Kier alpha value is -1.10. The zero-order chi connectivity index (χ0) is 13.5. The van der Waals surface area contributed by atoms with Gasteiger partial charge in [0.25, 0.3) is 5.91 Å². The highest BCUT2D eigenvalue weighted by atomic mass is 16.5. The maximum absolute atomic E-state index is 11.7. The Morgan fingerprint density at radius 1 is 1.17 bits per heavy atom. The monoisotopic (exact) mass is 256 g/mol. The van der Waals surface area contributed by atoms with Gasteiger partial charge in [0, 0.05) is 33.1 Å². The number of hydrogen-bond donors (Lipinski definition) is 0. The van der Waals surface area contributed by atoms with E-state index in [9.17, 15) is 9.59 Å². The summed E-state index contributed by atoms with van der Waals surface area (Å²) in [5.74, 6) is 0.223. The van der Waals surface area contributed by atoms with Crippen molar-refractivity contribution in [2.45, 2.75) is 27.2 Å². The molecular weight excluding hydrogens is 232 g/mol. The van der Waals surface area contributed by atoms with E-state index in [-0.39, 0.29) is 12.5 Å². The number of nitrogens with zero attached hydrogens (tertiary/aromatic N) is 2. The molecule has 0 bridgehead atoms. The number of rotatable bonds is 5. The minimum atomic E-state index is -0.404. The summed E-state index contributed by atoms with van der Waals surface area (Å²) in [7, 11) is 0. The molecule has 1 fully saturated rings. The van der Waals surface area contributed by atoms with E-state index in [1.165, 1.54) is 13.3 Å². The van der Waals surface area contributed by atoms with Gasteiger partial charge in [0.1, 0.15) is 0 Å². The fourth-order valence-corrected chi connectivity index (χ4v) is 1.92. The van der Waals surface area contributed by atoms with E-state index in [1.807, 2.05) is 0 Å². The van der Waals surface area contributed by atoms with Gasteiger partial charge in [-0.3, -0.25) is 14.5 Å². The van der Waals surface area contributed by atoms with Crippen molar-refractivity contribution in [1.29, 1.82) is 0 Å². The predicted molar refractivity (Wildman–Crippen MR) is 69.1 cm³/mol. The van der Waals surface area contributed by atoms with E-state index in [1.54, 1.807) is 4.90 Å². The van der Waals surface area contributed by atoms with Crippen molar-refractivity contribution < 1.29 is 14.3 Å². The summed E-state index contributed by atoms with van der Waals surface area (Å²) in [6.45, 7) is 10.0. The summed E-state index contributed by atoms with van der Waals surface area (Å²) in [5, 5.41) is 0. The highest BCUT2D eigenvalue weighted by Gasteiger charge is 2.21. The average molecular weight is 256 g/mol. The van der Waals surface area contributed by atoms with Gasteiger partial charge in [0.2, 0.25) is 0 Å². The molecule has 0 aromatic carbocycles. The fourth-order valence-electron chi connectivity index (χ4n) is 1.92. The van der Waals surface area contributed by atoms with E-state index < -0.39 is 5.97 Å². The second-order valence-electron chi connectivity index (χ2n) is 5.19. The molecule has 0 spiro atoms. The lowest BCUT2D eigenvalue weighted by Crippen LogP contribution is -2.50. The lowest BCUT2D eigenvalue weighted by molar-refractivity contribution is -0.151. The summed E-state index contributed by atoms with van der Waals surface area (Å²) >= 11 is 0. The van der Waals surface area contributed by atoms with Crippen molar-refractivity contribution in [3.05, 3.63) is 0 Å². The topological polar surface area (TPSA) is 49.9 Å². The summed E-state index contributed by atoms with van der Waals surface area (Å²) < 4.78 is 4.72. The molecule has 0 saturated carbocycles. The molecule has 0 N–H and O–H groups in total. The van der Waals surface area contributed by atoms with Crippen molar-refractivity contribution in [2.75, 3.05) is 39.3 Å². The van der Waals surface area contributed by atoms with Gasteiger partial charge < -0.3 is 9.64 Å². The molecule has 1 amide bonds. The van der Waals surface area contributed by atoms with Gasteiger partial charge in [0.15, 0.2) is 6.61 Å². The predicted octanol–water partition coefficient (Wildman–Crippen LogP) is 0.740. The summed E-state index contributed by atoms with van der Waals surface area (Å²) in [6, 6.07) is 0. The van der Waals surface area contributed by atoms with E-state index in [0.717, 1.165) is 32.7 Å². The molecule has 0 aliphatic carbocycles. The quantitative estimate of drug-likeness (QED) is 0.681. The molecule has 0 atom stereocenters. The highest BCUT2D eigenvalue weighted by molar-refractivity contribution is 5.80. The van der Waals surface area contributed by atoms with E-state index >= 15 is 0 Å². The van der Waals surface area contributed by atoms with E-state index in [4.69, 9.17) is 4.74 Å². The maximum atomic E-state index is 11.7. The summed E-state index contributed by atoms with van der Waals surface area (Å²) in [6.07, 6.45) is 1.20. The van der Waals surface area contributed by atoms with Crippen LogP contribution in [-0.4, -0.2) is 61.0 Å². The number of amides is 1. The first-order chi connectivity index (χ1) is 8.49. The fraction of sp³-hybridized carbons (Fsp3) is 0.846.